The van der Waals surface area contributed by atoms with Gasteiger partial charge in [0.15, 0.2) is 0 Å². The number of likely N-dealkylation sites (tertiary alicyclic amines) is 2. The van der Waals surface area contributed by atoms with Gasteiger partial charge in [0.2, 0.25) is 11.8 Å². The van der Waals surface area contributed by atoms with Crippen LogP contribution in [0.15, 0.2) is 54.7 Å². The van der Waals surface area contributed by atoms with Crippen LogP contribution in [-0.4, -0.2) is 98.1 Å². The number of methoxy groups -OCH3 is 2. The molecule has 0 radical (unpaired) electrons. The molecule has 0 unspecified atom stereocenters. The van der Waals surface area contributed by atoms with Gasteiger partial charge in [-0.1, -0.05) is 18.2 Å². The van der Waals surface area contributed by atoms with Crippen molar-refractivity contribution in [3.05, 3.63) is 66.4 Å². The molecule has 4 fully saturated rings. The third-order valence-corrected chi connectivity index (χ3v) is 11.7. The highest BCUT2D eigenvalue weighted by Crippen LogP contribution is 2.39. The monoisotopic (exact) mass is 759 g/mol. The van der Waals surface area contributed by atoms with Crippen LogP contribution in [0.2, 0.25) is 0 Å². The number of alkyl carbamates (subject to hydrolysis) is 2. The molecule has 5 aromatic rings. The second kappa shape index (κ2) is 14.6. The van der Waals surface area contributed by atoms with Gasteiger partial charge in [-0.25, -0.2) is 24.5 Å². The minimum atomic E-state index is -0.589. The summed E-state index contributed by atoms with van der Waals surface area (Å²) in [6.07, 6.45) is 7.57. The lowest BCUT2D eigenvalue weighted by Gasteiger charge is -2.28. The van der Waals surface area contributed by atoms with Gasteiger partial charge in [-0.15, -0.1) is 0 Å². The van der Waals surface area contributed by atoms with Gasteiger partial charge in [0.05, 0.1) is 60.4 Å². The molecule has 4 aliphatic rings. The van der Waals surface area contributed by atoms with E-state index in [-0.39, 0.29) is 35.7 Å². The summed E-state index contributed by atoms with van der Waals surface area (Å²) >= 11 is 0. The maximum atomic E-state index is 13.7. The Morgan fingerprint density at radius 1 is 0.696 bits per heavy atom. The average molecular weight is 760 g/mol. The van der Waals surface area contributed by atoms with Crippen molar-refractivity contribution in [2.24, 2.45) is 11.8 Å². The van der Waals surface area contributed by atoms with E-state index in [2.05, 4.69) is 32.7 Å². The normalized spacial score (nSPS) is 20.6. The number of fused-ring (bicyclic) bond motifs is 2. The van der Waals surface area contributed by atoms with Gasteiger partial charge in [0, 0.05) is 29.6 Å². The van der Waals surface area contributed by atoms with Gasteiger partial charge in [-0.2, -0.15) is 0 Å². The standard InChI is InChI=1S/C41H45N9O6/c1-55-40(53)47-34(22-7-8-22)38(51)49-17-3-5-32(49)36-42-21-31(46-36)25-12-15-27-24(19-25)11-14-28(43-27)26-13-16-29-30(20-26)45-37(44-29)33-6-4-18-50(33)39(52)35(23-9-10-23)48-41(54)56-2/h11-16,19-23,32-35H,3-10,17-18H2,1-2H3,(H,42,46)(H,44,45)(H,47,53)(H,48,54)/t32-,33-,34-,35-/m0/s1. The number of H-pyrrole nitrogens is 2. The van der Waals surface area contributed by atoms with E-state index >= 15 is 0 Å². The van der Waals surface area contributed by atoms with Gasteiger partial charge in [0.1, 0.15) is 23.7 Å². The molecule has 290 valence electrons. The van der Waals surface area contributed by atoms with Crippen LogP contribution < -0.4 is 10.6 Å². The Kier molecular flexibility index (Phi) is 9.30. The molecule has 0 spiro atoms. The highest BCUT2D eigenvalue weighted by Gasteiger charge is 2.44. The van der Waals surface area contributed by atoms with Crippen LogP contribution in [0.3, 0.4) is 0 Å². The largest absolute Gasteiger partial charge is 0.453 e. The molecule has 4 atom stereocenters. The van der Waals surface area contributed by atoms with Crippen molar-refractivity contribution in [1.29, 1.82) is 0 Å². The van der Waals surface area contributed by atoms with Crippen LogP contribution >= 0.6 is 0 Å². The number of ether oxygens (including phenoxy) is 2. The molecule has 15 heteroatoms. The quantitative estimate of drug-likeness (QED) is 0.137. The summed E-state index contributed by atoms with van der Waals surface area (Å²) in [6, 6.07) is 14.6. The van der Waals surface area contributed by atoms with E-state index in [1.807, 2.05) is 52.4 Å². The number of amides is 4. The second-order valence-corrected chi connectivity index (χ2v) is 15.4. The molecule has 4 N–H and O–H groups in total. The first-order valence-corrected chi connectivity index (χ1v) is 19.5. The fourth-order valence-electron chi connectivity index (χ4n) is 8.43. The number of carbonyl (C=O) groups is 4. The Bertz CT molecular complexity index is 2330. The zero-order valence-electron chi connectivity index (χ0n) is 31.4. The van der Waals surface area contributed by atoms with Crippen LogP contribution in [0.4, 0.5) is 9.59 Å². The zero-order chi connectivity index (χ0) is 38.5. The van der Waals surface area contributed by atoms with Crippen LogP contribution in [0.1, 0.15) is 75.1 Å². The van der Waals surface area contributed by atoms with Crippen molar-refractivity contribution in [1.82, 2.24) is 45.4 Å². The first-order valence-electron chi connectivity index (χ1n) is 19.5. The highest BCUT2D eigenvalue weighted by atomic mass is 16.5. The van der Waals surface area contributed by atoms with Crippen molar-refractivity contribution in [2.75, 3.05) is 27.3 Å². The van der Waals surface area contributed by atoms with E-state index in [9.17, 15) is 19.2 Å². The summed E-state index contributed by atoms with van der Waals surface area (Å²) in [6.45, 7) is 1.23. The van der Waals surface area contributed by atoms with E-state index in [0.29, 0.717) is 13.1 Å². The smallest absolute Gasteiger partial charge is 0.407 e. The van der Waals surface area contributed by atoms with Crippen molar-refractivity contribution in [3.8, 4) is 22.5 Å². The van der Waals surface area contributed by atoms with Gasteiger partial charge in [-0.3, -0.25) is 9.59 Å². The molecule has 5 heterocycles. The van der Waals surface area contributed by atoms with Gasteiger partial charge >= 0.3 is 12.2 Å². The molecule has 4 amide bonds. The number of rotatable bonds is 10. The molecule has 2 aliphatic heterocycles. The number of benzene rings is 2. The lowest BCUT2D eigenvalue weighted by Crippen LogP contribution is -2.49. The number of nitrogens with one attached hydrogen (secondary N) is 4. The molecule has 2 aromatic carbocycles. The minimum Gasteiger partial charge on any atom is -0.453 e. The predicted molar refractivity (Wildman–Crippen MR) is 206 cm³/mol. The van der Waals surface area contributed by atoms with E-state index in [0.717, 1.165) is 107 Å². The Hall–Kier alpha value is -5.99. The minimum absolute atomic E-state index is 0.0846. The molecular formula is C41H45N9O6. The molecule has 56 heavy (non-hydrogen) atoms. The summed E-state index contributed by atoms with van der Waals surface area (Å²) in [5, 5.41) is 6.50. The maximum Gasteiger partial charge on any atom is 0.407 e. The number of aromatic nitrogens is 5. The average Bonchev–Trinajstić information content (AvgIpc) is 3.97. The highest BCUT2D eigenvalue weighted by molar-refractivity contribution is 5.89. The second-order valence-electron chi connectivity index (χ2n) is 15.4. The summed E-state index contributed by atoms with van der Waals surface area (Å²) in [4.78, 5) is 76.5. The Morgan fingerprint density at radius 3 is 1.93 bits per heavy atom. The molecule has 2 saturated carbocycles. The van der Waals surface area contributed by atoms with E-state index < -0.39 is 24.3 Å². The number of pyridine rings is 1. The van der Waals surface area contributed by atoms with Crippen LogP contribution in [0.25, 0.3) is 44.5 Å². The Morgan fingerprint density at radius 2 is 1.30 bits per heavy atom. The number of nitrogens with zero attached hydrogens (tertiary/aromatic N) is 5. The van der Waals surface area contributed by atoms with Crippen LogP contribution in [-0.2, 0) is 19.1 Å². The lowest BCUT2D eigenvalue weighted by molar-refractivity contribution is -0.135. The first-order chi connectivity index (χ1) is 27.3. The molecule has 3 aromatic heterocycles. The third-order valence-electron chi connectivity index (χ3n) is 11.7. The maximum absolute atomic E-state index is 13.7. The number of imidazole rings is 2. The van der Waals surface area contributed by atoms with E-state index in [1.165, 1.54) is 14.2 Å². The van der Waals surface area contributed by atoms with Crippen molar-refractivity contribution >= 4 is 45.9 Å². The first kappa shape index (κ1) is 35.7. The Labute approximate surface area is 322 Å². The number of hydrogen-bond acceptors (Lipinski definition) is 9. The van der Waals surface area contributed by atoms with Gasteiger partial charge in [0.25, 0.3) is 0 Å². The predicted octanol–water partition coefficient (Wildman–Crippen LogP) is 5.76. The van der Waals surface area contributed by atoms with Crippen LogP contribution in [0.5, 0.6) is 0 Å². The van der Waals surface area contributed by atoms with Crippen molar-refractivity contribution < 1.29 is 28.7 Å². The molecule has 2 aliphatic carbocycles. The molecule has 15 nitrogen and oxygen atoms in total. The number of aromatic amines is 2. The fourth-order valence-corrected chi connectivity index (χ4v) is 8.43. The third kappa shape index (κ3) is 6.90. The van der Waals surface area contributed by atoms with Crippen molar-refractivity contribution in [3.63, 3.8) is 0 Å². The molecular weight excluding hydrogens is 715 g/mol. The summed E-state index contributed by atoms with van der Waals surface area (Å²) in [5.41, 5.74) is 6.09. The van der Waals surface area contributed by atoms with Gasteiger partial charge < -0.3 is 39.9 Å². The number of carbonyl (C=O) groups excluding carboxylic acids is 4. The fraction of sp³-hybridized carbons (Fsp3) is 0.439. The topological polar surface area (TPSA) is 188 Å². The molecule has 9 rings (SSSR count). The van der Waals surface area contributed by atoms with Gasteiger partial charge in [-0.05, 0) is 93.5 Å². The van der Waals surface area contributed by atoms with Crippen molar-refractivity contribution in [2.45, 2.75) is 75.5 Å². The summed E-state index contributed by atoms with van der Waals surface area (Å²) in [5.74, 6) is 1.57. The van der Waals surface area contributed by atoms with E-state index in [1.54, 1.807) is 0 Å². The Balaban J connectivity index is 0.905. The SMILES string of the molecule is COC(=O)N[C@H](C(=O)N1CCC[C@H]1c1ncc(-c2ccc3nc(-c4ccc5nc([C@@H]6CCCN6C(=O)[C@@H](NC(=O)OC)C6CC6)[nH]c5c4)ccc3c2)[nH]1)C1CC1. The van der Waals surface area contributed by atoms with E-state index in [4.69, 9.17) is 24.4 Å². The zero-order valence-corrected chi connectivity index (χ0v) is 31.4. The lowest BCUT2D eigenvalue weighted by atomic mass is 10.1. The summed E-state index contributed by atoms with van der Waals surface area (Å²) in [7, 11) is 2.62. The molecule has 0 bridgehead atoms. The van der Waals surface area contributed by atoms with Crippen LogP contribution in [0, 0.1) is 11.8 Å². The number of hydrogen-bond donors (Lipinski definition) is 4. The molecule has 2 saturated heterocycles. The summed E-state index contributed by atoms with van der Waals surface area (Å²) < 4.78 is 9.59.